The van der Waals surface area contributed by atoms with E-state index >= 15 is 0 Å². The molecular formula is C12H15F3N2O4. The molecule has 1 atom stereocenters. The Bertz CT molecular complexity index is 556. The number of aromatic amines is 1. The minimum atomic E-state index is -4.69. The van der Waals surface area contributed by atoms with E-state index < -0.39 is 35.0 Å². The van der Waals surface area contributed by atoms with Crippen molar-refractivity contribution in [3.63, 3.8) is 0 Å². The minimum Gasteiger partial charge on any atom is -0.389 e. The SMILES string of the molecule is COCC(O)CN(C)C(=O)c1ccc(C(F)(F)F)[nH]c1=O. The average Bonchev–Trinajstić information content (AvgIpc) is 2.36. The van der Waals surface area contributed by atoms with Crippen LogP contribution in [0.2, 0.25) is 0 Å². The Hall–Kier alpha value is -1.87. The Morgan fingerprint density at radius 2 is 2.10 bits per heavy atom. The van der Waals surface area contributed by atoms with Crippen LogP contribution in [-0.4, -0.2) is 54.3 Å². The minimum absolute atomic E-state index is 0.0129. The second-order valence-corrected chi connectivity index (χ2v) is 4.41. The van der Waals surface area contributed by atoms with Crippen molar-refractivity contribution in [1.29, 1.82) is 0 Å². The van der Waals surface area contributed by atoms with Gasteiger partial charge in [-0.15, -0.1) is 0 Å². The van der Waals surface area contributed by atoms with Crippen LogP contribution < -0.4 is 5.56 Å². The molecule has 0 saturated carbocycles. The number of ether oxygens (including phenoxy) is 1. The number of pyridine rings is 1. The molecule has 0 radical (unpaired) electrons. The number of H-pyrrole nitrogens is 1. The van der Waals surface area contributed by atoms with Gasteiger partial charge < -0.3 is 19.7 Å². The highest BCUT2D eigenvalue weighted by molar-refractivity contribution is 5.93. The largest absolute Gasteiger partial charge is 0.431 e. The van der Waals surface area contributed by atoms with Gasteiger partial charge in [0.05, 0.1) is 12.7 Å². The van der Waals surface area contributed by atoms with Gasteiger partial charge in [-0.05, 0) is 12.1 Å². The molecule has 0 spiro atoms. The summed E-state index contributed by atoms with van der Waals surface area (Å²) < 4.78 is 41.9. The number of nitrogens with one attached hydrogen (secondary N) is 1. The molecule has 0 aromatic carbocycles. The van der Waals surface area contributed by atoms with Crippen molar-refractivity contribution in [1.82, 2.24) is 9.88 Å². The molecule has 1 aromatic rings. The quantitative estimate of drug-likeness (QED) is 0.828. The Morgan fingerprint density at radius 1 is 1.48 bits per heavy atom. The molecule has 0 saturated heterocycles. The van der Waals surface area contributed by atoms with Gasteiger partial charge in [0, 0.05) is 20.7 Å². The predicted octanol–water partition coefficient (Wildman–Crippen LogP) is 0.473. The van der Waals surface area contributed by atoms with Crippen LogP contribution in [0, 0.1) is 0 Å². The number of methoxy groups -OCH3 is 1. The number of nitrogens with zero attached hydrogens (tertiary/aromatic N) is 1. The highest BCUT2D eigenvalue weighted by Crippen LogP contribution is 2.26. The first-order valence-corrected chi connectivity index (χ1v) is 5.89. The number of hydrogen-bond acceptors (Lipinski definition) is 4. The van der Waals surface area contributed by atoms with E-state index in [4.69, 9.17) is 0 Å². The standard InChI is InChI=1S/C12H15F3N2O4/c1-17(5-7(18)6-21-2)11(20)8-3-4-9(12(13,14)15)16-10(8)19/h3-4,7,18H,5-6H2,1-2H3,(H,16,19). The maximum absolute atomic E-state index is 12.4. The number of amides is 1. The second-order valence-electron chi connectivity index (χ2n) is 4.41. The average molecular weight is 308 g/mol. The van der Waals surface area contributed by atoms with Crippen molar-refractivity contribution < 1.29 is 27.8 Å². The maximum Gasteiger partial charge on any atom is 0.431 e. The molecular weight excluding hydrogens is 293 g/mol. The predicted molar refractivity (Wildman–Crippen MR) is 66.9 cm³/mol. The van der Waals surface area contributed by atoms with Gasteiger partial charge in [0.15, 0.2) is 0 Å². The third-order valence-electron chi connectivity index (χ3n) is 2.64. The van der Waals surface area contributed by atoms with Gasteiger partial charge in [0.2, 0.25) is 0 Å². The number of aliphatic hydroxyl groups is 1. The summed E-state index contributed by atoms with van der Waals surface area (Å²) in [5.41, 5.74) is -2.80. The zero-order valence-electron chi connectivity index (χ0n) is 11.4. The van der Waals surface area contributed by atoms with Crippen LogP contribution in [0.1, 0.15) is 16.1 Å². The number of carbonyl (C=O) groups excluding carboxylic acids is 1. The van der Waals surface area contributed by atoms with Crippen molar-refractivity contribution in [3.05, 3.63) is 33.7 Å². The van der Waals surface area contributed by atoms with Crippen LogP contribution in [0.5, 0.6) is 0 Å². The summed E-state index contributed by atoms with van der Waals surface area (Å²) in [6.45, 7) is -0.131. The first-order chi connectivity index (χ1) is 9.66. The zero-order valence-corrected chi connectivity index (χ0v) is 11.4. The van der Waals surface area contributed by atoms with Crippen LogP contribution in [0.25, 0.3) is 0 Å². The summed E-state index contributed by atoms with van der Waals surface area (Å²) in [5, 5.41) is 9.48. The normalized spacial score (nSPS) is 13.0. The number of halogens is 3. The van der Waals surface area contributed by atoms with Gasteiger partial charge in [0.25, 0.3) is 11.5 Å². The van der Waals surface area contributed by atoms with Gasteiger partial charge >= 0.3 is 6.18 Å². The molecule has 1 aromatic heterocycles. The Morgan fingerprint density at radius 3 is 2.57 bits per heavy atom. The number of hydrogen-bond donors (Lipinski definition) is 2. The molecule has 21 heavy (non-hydrogen) atoms. The fourth-order valence-electron chi connectivity index (χ4n) is 1.66. The van der Waals surface area contributed by atoms with Gasteiger partial charge in [-0.2, -0.15) is 13.2 Å². The van der Waals surface area contributed by atoms with Gasteiger partial charge in [-0.25, -0.2) is 0 Å². The first kappa shape index (κ1) is 17.2. The molecule has 118 valence electrons. The lowest BCUT2D eigenvalue weighted by molar-refractivity contribution is -0.141. The summed E-state index contributed by atoms with van der Waals surface area (Å²) in [6, 6.07) is 1.43. The Balaban J connectivity index is 2.91. The number of aliphatic hydroxyl groups excluding tert-OH is 1. The fraction of sp³-hybridized carbons (Fsp3) is 0.500. The van der Waals surface area contributed by atoms with Crippen molar-refractivity contribution in [2.75, 3.05) is 27.3 Å². The summed E-state index contributed by atoms with van der Waals surface area (Å²) in [7, 11) is 2.68. The molecule has 0 aliphatic carbocycles. The number of alkyl halides is 3. The van der Waals surface area contributed by atoms with Gasteiger partial charge in [-0.1, -0.05) is 0 Å². The molecule has 1 unspecified atom stereocenters. The van der Waals surface area contributed by atoms with Crippen LogP contribution in [0.4, 0.5) is 13.2 Å². The lowest BCUT2D eigenvalue weighted by atomic mass is 10.2. The smallest absolute Gasteiger partial charge is 0.389 e. The topological polar surface area (TPSA) is 82.6 Å². The molecule has 0 bridgehead atoms. The Kier molecular flexibility index (Phi) is 5.50. The number of rotatable bonds is 5. The third kappa shape index (κ3) is 4.57. The molecule has 2 N–H and O–H groups in total. The summed E-state index contributed by atoms with van der Waals surface area (Å²) in [4.78, 5) is 26.1. The highest BCUT2D eigenvalue weighted by atomic mass is 19.4. The molecule has 0 fully saturated rings. The lowest BCUT2D eigenvalue weighted by Crippen LogP contribution is -2.38. The van der Waals surface area contributed by atoms with E-state index in [-0.39, 0.29) is 13.2 Å². The summed E-state index contributed by atoms with van der Waals surface area (Å²) in [6.07, 6.45) is -5.65. The molecule has 1 heterocycles. The van der Waals surface area contributed by atoms with Crippen LogP contribution in [0.15, 0.2) is 16.9 Å². The van der Waals surface area contributed by atoms with Crippen molar-refractivity contribution in [3.8, 4) is 0 Å². The summed E-state index contributed by atoms with van der Waals surface area (Å²) in [5.74, 6) is -0.792. The van der Waals surface area contributed by atoms with Crippen molar-refractivity contribution in [2.45, 2.75) is 12.3 Å². The van der Waals surface area contributed by atoms with E-state index in [1.807, 2.05) is 0 Å². The van der Waals surface area contributed by atoms with Crippen molar-refractivity contribution >= 4 is 5.91 Å². The fourth-order valence-corrected chi connectivity index (χ4v) is 1.66. The van der Waals surface area contributed by atoms with E-state index in [1.165, 1.54) is 14.2 Å². The molecule has 0 aliphatic heterocycles. The maximum atomic E-state index is 12.4. The molecule has 9 heteroatoms. The molecule has 6 nitrogen and oxygen atoms in total. The first-order valence-electron chi connectivity index (χ1n) is 5.89. The number of aromatic nitrogens is 1. The molecule has 1 amide bonds. The zero-order chi connectivity index (χ0) is 16.2. The monoisotopic (exact) mass is 308 g/mol. The highest BCUT2D eigenvalue weighted by Gasteiger charge is 2.32. The third-order valence-corrected chi connectivity index (χ3v) is 2.64. The summed E-state index contributed by atoms with van der Waals surface area (Å²) >= 11 is 0. The van der Waals surface area contributed by atoms with Crippen LogP contribution >= 0.6 is 0 Å². The van der Waals surface area contributed by atoms with Crippen LogP contribution in [0.3, 0.4) is 0 Å². The van der Waals surface area contributed by atoms with E-state index in [9.17, 15) is 27.9 Å². The number of carbonyl (C=O) groups is 1. The van der Waals surface area contributed by atoms with Crippen molar-refractivity contribution in [2.24, 2.45) is 0 Å². The van der Waals surface area contributed by atoms with E-state index in [1.54, 1.807) is 4.98 Å². The van der Waals surface area contributed by atoms with E-state index in [0.29, 0.717) is 6.07 Å². The lowest BCUT2D eigenvalue weighted by Gasteiger charge is -2.20. The van der Waals surface area contributed by atoms with E-state index in [2.05, 4.69) is 4.74 Å². The number of likely N-dealkylation sites (N-methyl/N-ethyl adjacent to an activating group) is 1. The van der Waals surface area contributed by atoms with Gasteiger partial charge in [-0.3, -0.25) is 9.59 Å². The second kappa shape index (κ2) is 6.72. The van der Waals surface area contributed by atoms with Gasteiger partial charge in [0.1, 0.15) is 11.3 Å². The van der Waals surface area contributed by atoms with E-state index in [0.717, 1.165) is 11.0 Å². The van der Waals surface area contributed by atoms with Crippen LogP contribution in [-0.2, 0) is 10.9 Å². The molecule has 1 rings (SSSR count). The Labute approximate surface area is 118 Å². The molecule has 0 aliphatic rings.